The summed E-state index contributed by atoms with van der Waals surface area (Å²) in [5.74, 6) is 0.190. The van der Waals surface area contributed by atoms with Crippen LogP contribution in [-0.4, -0.2) is 36.3 Å². The number of anilines is 1. The van der Waals surface area contributed by atoms with Crippen LogP contribution in [-0.2, 0) is 11.3 Å². The Morgan fingerprint density at radius 3 is 2.75 bits per heavy atom. The number of aromatic hydroxyl groups is 1. The van der Waals surface area contributed by atoms with Gasteiger partial charge in [-0.1, -0.05) is 15.9 Å². The van der Waals surface area contributed by atoms with E-state index in [1.165, 1.54) is 0 Å². The van der Waals surface area contributed by atoms with E-state index >= 15 is 0 Å². The number of rotatable bonds is 2. The number of halogens is 1. The molecule has 0 bridgehead atoms. The Balaban J connectivity index is 2.13. The van der Waals surface area contributed by atoms with Gasteiger partial charge in [-0.15, -0.1) is 0 Å². The zero-order chi connectivity index (χ0) is 11.5. The number of nitrogen functional groups attached to an aromatic ring is 1. The average Bonchev–Trinajstić information content (AvgIpc) is 2.27. The number of hydrogen-bond acceptors (Lipinski definition) is 4. The van der Waals surface area contributed by atoms with E-state index in [1.807, 2.05) is 6.07 Å². The third-order valence-corrected chi connectivity index (χ3v) is 3.14. The Hall–Kier alpha value is -0.780. The van der Waals surface area contributed by atoms with Crippen LogP contribution in [0, 0.1) is 0 Å². The van der Waals surface area contributed by atoms with Crippen molar-refractivity contribution in [3.63, 3.8) is 0 Å². The molecule has 0 atom stereocenters. The molecule has 3 N–H and O–H groups in total. The maximum absolute atomic E-state index is 9.85. The summed E-state index contributed by atoms with van der Waals surface area (Å²) in [6.45, 7) is 4.01. The van der Waals surface area contributed by atoms with E-state index in [0.29, 0.717) is 12.2 Å². The molecule has 1 aliphatic heterocycles. The first-order valence-electron chi connectivity index (χ1n) is 5.24. The third-order valence-electron chi connectivity index (χ3n) is 2.68. The summed E-state index contributed by atoms with van der Waals surface area (Å²) < 4.78 is 6.17. The third kappa shape index (κ3) is 2.66. The lowest BCUT2D eigenvalue weighted by molar-refractivity contribution is 0.0339. The van der Waals surface area contributed by atoms with Gasteiger partial charge in [-0.25, -0.2) is 0 Å². The highest BCUT2D eigenvalue weighted by atomic mass is 79.9. The Kier molecular flexibility index (Phi) is 3.68. The van der Waals surface area contributed by atoms with Gasteiger partial charge in [0.1, 0.15) is 5.75 Å². The van der Waals surface area contributed by atoms with Gasteiger partial charge in [0.25, 0.3) is 0 Å². The van der Waals surface area contributed by atoms with Crippen molar-refractivity contribution in [2.24, 2.45) is 0 Å². The molecule has 1 fully saturated rings. The molecule has 0 aliphatic carbocycles. The van der Waals surface area contributed by atoms with Crippen LogP contribution < -0.4 is 5.73 Å². The normalized spacial score (nSPS) is 17.6. The minimum absolute atomic E-state index is 0.190. The summed E-state index contributed by atoms with van der Waals surface area (Å²) in [6.07, 6.45) is 0. The van der Waals surface area contributed by atoms with Crippen LogP contribution >= 0.6 is 15.9 Å². The topological polar surface area (TPSA) is 58.7 Å². The monoisotopic (exact) mass is 286 g/mol. The van der Waals surface area contributed by atoms with E-state index in [2.05, 4.69) is 20.8 Å². The zero-order valence-corrected chi connectivity index (χ0v) is 10.5. The first-order valence-corrected chi connectivity index (χ1v) is 6.03. The Morgan fingerprint density at radius 1 is 1.38 bits per heavy atom. The second-order valence-corrected chi connectivity index (χ2v) is 4.81. The maximum atomic E-state index is 9.85. The molecule has 1 aromatic rings. The predicted octanol–water partition coefficient (Wildman–Crippen LogP) is 1.57. The minimum atomic E-state index is 0.190. The number of ether oxygens (including phenoxy) is 1. The maximum Gasteiger partial charge on any atom is 0.143 e. The van der Waals surface area contributed by atoms with Crippen LogP contribution in [0.2, 0.25) is 0 Å². The summed E-state index contributed by atoms with van der Waals surface area (Å²) in [5, 5.41) is 9.85. The summed E-state index contributed by atoms with van der Waals surface area (Å²) >= 11 is 3.38. The van der Waals surface area contributed by atoms with Crippen LogP contribution in [0.15, 0.2) is 16.6 Å². The quantitative estimate of drug-likeness (QED) is 0.640. The van der Waals surface area contributed by atoms with Gasteiger partial charge >= 0.3 is 0 Å². The molecule has 2 rings (SSSR count). The van der Waals surface area contributed by atoms with Crippen molar-refractivity contribution in [3.8, 4) is 5.75 Å². The number of nitrogens with two attached hydrogens (primary N) is 1. The lowest BCUT2D eigenvalue weighted by Gasteiger charge is -2.27. The van der Waals surface area contributed by atoms with E-state index in [0.717, 1.165) is 36.3 Å². The molecule has 0 saturated carbocycles. The molecule has 0 aromatic heterocycles. The molecule has 88 valence electrons. The molecule has 1 heterocycles. The highest BCUT2D eigenvalue weighted by Gasteiger charge is 2.14. The summed E-state index contributed by atoms with van der Waals surface area (Å²) in [4.78, 5) is 2.24. The molecule has 0 radical (unpaired) electrons. The van der Waals surface area contributed by atoms with E-state index in [1.54, 1.807) is 6.07 Å². The standard InChI is InChI=1S/C11H15BrN2O2/c12-9-5-8(11(15)10(13)6-9)7-14-1-3-16-4-2-14/h5-6,15H,1-4,7,13H2. The van der Waals surface area contributed by atoms with Crippen LogP contribution in [0.3, 0.4) is 0 Å². The van der Waals surface area contributed by atoms with Crippen molar-refractivity contribution in [2.45, 2.75) is 6.54 Å². The van der Waals surface area contributed by atoms with Crippen LogP contribution in [0.1, 0.15) is 5.56 Å². The van der Waals surface area contributed by atoms with Crippen molar-refractivity contribution >= 4 is 21.6 Å². The molecule has 4 nitrogen and oxygen atoms in total. The van der Waals surface area contributed by atoms with Crippen LogP contribution in [0.4, 0.5) is 5.69 Å². The number of phenols is 1. The summed E-state index contributed by atoms with van der Waals surface area (Å²) in [5.41, 5.74) is 6.97. The van der Waals surface area contributed by atoms with Gasteiger partial charge in [-0.05, 0) is 12.1 Å². The Morgan fingerprint density at radius 2 is 2.06 bits per heavy atom. The molecule has 0 amide bonds. The van der Waals surface area contributed by atoms with Crippen molar-refractivity contribution in [3.05, 3.63) is 22.2 Å². The average molecular weight is 287 g/mol. The lowest BCUT2D eigenvalue weighted by atomic mass is 10.1. The molecule has 5 heteroatoms. The SMILES string of the molecule is Nc1cc(Br)cc(CN2CCOCC2)c1O. The smallest absolute Gasteiger partial charge is 0.143 e. The summed E-state index contributed by atoms with van der Waals surface area (Å²) in [7, 11) is 0. The molecule has 0 unspecified atom stereocenters. The van der Waals surface area contributed by atoms with E-state index in [-0.39, 0.29) is 5.75 Å². The van der Waals surface area contributed by atoms with Gasteiger partial charge in [0.05, 0.1) is 18.9 Å². The lowest BCUT2D eigenvalue weighted by Crippen LogP contribution is -2.35. The van der Waals surface area contributed by atoms with E-state index < -0.39 is 0 Å². The van der Waals surface area contributed by atoms with E-state index in [4.69, 9.17) is 10.5 Å². The van der Waals surface area contributed by atoms with Gasteiger partial charge < -0.3 is 15.6 Å². The first kappa shape index (κ1) is 11.7. The van der Waals surface area contributed by atoms with Gasteiger partial charge in [0.2, 0.25) is 0 Å². The molecule has 1 saturated heterocycles. The first-order chi connectivity index (χ1) is 7.66. The highest BCUT2D eigenvalue weighted by Crippen LogP contribution is 2.30. The zero-order valence-electron chi connectivity index (χ0n) is 8.95. The second-order valence-electron chi connectivity index (χ2n) is 3.89. The molecule has 1 aliphatic rings. The van der Waals surface area contributed by atoms with E-state index in [9.17, 15) is 5.11 Å². The molecular weight excluding hydrogens is 272 g/mol. The Bertz CT molecular complexity index is 378. The number of morpholine rings is 1. The van der Waals surface area contributed by atoms with Gasteiger partial charge in [0.15, 0.2) is 0 Å². The summed E-state index contributed by atoms with van der Waals surface area (Å²) in [6, 6.07) is 3.61. The second kappa shape index (κ2) is 5.03. The fourth-order valence-corrected chi connectivity index (χ4v) is 2.32. The van der Waals surface area contributed by atoms with Gasteiger partial charge in [-0.3, -0.25) is 4.90 Å². The molecular formula is C11H15BrN2O2. The van der Waals surface area contributed by atoms with Crippen LogP contribution in [0.5, 0.6) is 5.75 Å². The van der Waals surface area contributed by atoms with Crippen molar-refractivity contribution in [1.29, 1.82) is 0 Å². The number of benzene rings is 1. The largest absolute Gasteiger partial charge is 0.505 e. The molecule has 1 aromatic carbocycles. The minimum Gasteiger partial charge on any atom is -0.505 e. The number of hydrogen-bond donors (Lipinski definition) is 2. The number of phenolic OH excluding ortho intramolecular Hbond substituents is 1. The van der Waals surface area contributed by atoms with Crippen molar-refractivity contribution < 1.29 is 9.84 Å². The fraction of sp³-hybridized carbons (Fsp3) is 0.455. The predicted molar refractivity (Wildman–Crippen MR) is 66.3 cm³/mol. The number of nitrogens with zero attached hydrogens (tertiary/aromatic N) is 1. The van der Waals surface area contributed by atoms with Crippen molar-refractivity contribution in [2.75, 3.05) is 32.0 Å². The van der Waals surface area contributed by atoms with Crippen LogP contribution in [0.25, 0.3) is 0 Å². The van der Waals surface area contributed by atoms with Gasteiger partial charge in [0, 0.05) is 29.7 Å². The molecule has 16 heavy (non-hydrogen) atoms. The Labute approximate surface area is 103 Å². The van der Waals surface area contributed by atoms with Gasteiger partial charge in [-0.2, -0.15) is 0 Å². The highest BCUT2D eigenvalue weighted by molar-refractivity contribution is 9.10. The van der Waals surface area contributed by atoms with Crippen molar-refractivity contribution in [1.82, 2.24) is 4.90 Å². The fourth-order valence-electron chi connectivity index (χ4n) is 1.80. The molecule has 0 spiro atoms.